The number of carboxylic acid groups (broad SMARTS) is 1. The van der Waals surface area contributed by atoms with Crippen molar-refractivity contribution in [2.45, 2.75) is 71.1 Å². The Balaban J connectivity index is 3.25. The van der Waals surface area contributed by atoms with E-state index in [9.17, 15) is 9.59 Å². The Kier molecular flexibility index (Phi) is 13.2. The predicted octanol–water partition coefficient (Wildman–Crippen LogP) is 3.66. The number of carbonyl (C=O) groups is 2. The van der Waals surface area contributed by atoms with Crippen molar-refractivity contribution in [2.75, 3.05) is 6.54 Å². The van der Waals surface area contributed by atoms with E-state index in [0.29, 0.717) is 13.0 Å². The monoisotopic (exact) mass is 283 g/mol. The van der Waals surface area contributed by atoms with E-state index in [1.54, 1.807) is 0 Å². The van der Waals surface area contributed by atoms with E-state index in [1.165, 1.54) is 51.0 Å². The average molecular weight is 283 g/mol. The molecule has 0 radical (unpaired) electrons. The number of carboxylic acids is 1. The normalized spacial score (nSPS) is 10.8. The van der Waals surface area contributed by atoms with Crippen LogP contribution in [0.15, 0.2) is 12.2 Å². The highest BCUT2D eigenvalue weighted by Crippen LogP contribution is 2.10. The number of amides is 1. The minimum Gasteiger partial charge on any atom is -0.478 e. The summed E-state index contributed by atoms with van der Waals surface area (Å²) in [6.07, 6.45) is 14.2. The first-order valence-electron chi connectivity index (χ1n) is 7.83. The van der Waals surface area contributed by atoms with Crippen LogP contribution in [0.5, 0.6) is 0 Å². The van der Waals surface area contributed by atoms with Crippen molar-refractivity contribution in [3.05, 3.63) is 12.2 Å². The molecule has 2 N–H and O–H groups in total. The maximum absolute atomic E-state index is 11.4. The van der Waals surface area contributed by atoms with Gasteiger partial charge in [-0.3, -0.25) is 4.79 Å². The minimum atomic E-state index is -0.988. The number of hydrogen-bond donors (Lipinski definition) is 2. The standard InChI is InChI=1S/C16H29NO3/c1-2-3-4-5-6-7-8-9-10-12-15(18)17-14-11-13-16(19)20/h11,13H,2-10,12,14H2,1H3,(H,17,18)(H,19,20). The van der Waals surface area contributed by atoms with Gasteiger partial charge < -0.3 is 10.4 Å². The third-order valence-corrected chi connectivity index (χ3v) is 3.18. The van der Waals surface area contributed by atoms with Crippen LogP contribution >= 0.6 is 0 Å². The van der Waals surface area contributed by atoms with Crippen LogP contribution in [0.3, 0.4) is 0 Å². The van der Waals surface area contributed by atoms with Gasteiger partial charge >= 0.3 is 5.97 Å². The van der Waals surface area contributed by atoms with E-state index in [2.05, 4.69) is 12.2 Å². The van der Waals surface area contributed by atoms with Gasteiger partial charge in [-0.05, 0) is 6.42 Å². The van der Waals surface area contributed by atoms with Crippen molar-refractivity contribution in [3.63, 3.8) is 0 Å². The fraction of sp³-hybridized carbons (Fsp3) is 0.750. The van der Waals surface area contributed by atoms with E-state index in [0.717, 1.165) is 18.9 Å². The Morgan fingerprint density at radius 3 is 2.05 bits per heavy atom. The fourth-order valence-electron chi connectivity index (χ4n) is 2.02. The third-order valence-electron chi connectivity index (χ3n) is 3.18. The van der Waals surface area contributed by atoms with Crippen molar-refractivity contribution in [1.82, 2.24) is 5.32 Å². The molecule has 0 spiro atoms. The molecule has 0 saturated carbocycles. The quantitative estimate of drug-likeness (QED) is 0.400. The summed E-state index contributed by atoms with van der Waals surface area (Å²) >= 11 is 0. The van der Waals surface area contributed by atoms with Crippen LogP contribution in [-0.4, -0.2) is 23.5 Å². The Hall–Kier alpha value is -1.32. The molecule has 0 aliphatic carbocycles. The summed E-state index contributed by atoms with van der Waals surface area (Å²) in [4.78, 5) is 21.6. The molecular formula is C16H29NO3. The van der Waals surface area contributed by atoms with Crippen molar-refractivity contribution in [3.8, 4) is 0 Å². The summed E-state index contributed by atoms with van der Waals surface area (Å²) in [6, 6.07) is 0. The molecule has 0 aliphatic heterocycles. The number of carbonyl (C=O) groups excluding carboxylic acids is 1. The molecule has 0 rings (SSSR count). The highest BCUT2D eigenvalue weighted by molar-refractivity contribution is 5.80. The molecular weight excluding hydrogens is 254 g/mol. The zero-order valence-corrected chi connectivity index (χ0v) is 12.7. The number of aliphatic carboxylic acids is 1. The van der Waals surface area contributed by atoms with Crippen molar-refractivity contribution >= 4 is 11.9 Å². The van der Waals surface area contributed by atoms with Gasteiger partial charge in [0.25, 0.3) is 0 Å². The molecule has 0 aromatic heterocycles. The zero-order valence-electron chi connectivity index (χ0n) is 12.7. The van der Waals surface area contributed by atoms with Crippen LogP contribution in [-0.2, 0) is 9.59 Å². The van der Waals surface area contributed by atoms with Crippen LogP contribution in [0.25, 0.3) is 0 Å². The minimum absolute atomic E-state index is 0.00276. The fourth-order valence-corrected chi connectivity index (χ4v) is 2.02. The molecule has 4 heteroatoms. The smallest absolute Gasteiger partial charge is 0.328 e. The Labute approximate surface area is 122 Å². The molecule has 0 bridgehead atoms. The highest BCUT2D eigenvalue weighted by atomic mass is 16.4. The van der Waals surface area contributed by atoms with E-state index < -0.39 is 5.97 Å². The Bertz CT molecular complexity index is 287. The molecule has 20 heavy (non-hydrogen) atoms. The van der Waals surface area contributed by atoms with Gasteiger partial charge in [-0.25, -0.2) is 4.79 Å². The van der Waals surface area contributed by atoms with Gasteiger partial charge in [0.15, 0.2) is 0 Å². The number of rotatable bonds is 13. The molecule has 0 saturated heterocycles. The summed E-state index contributed by atoms with van der Waals surface area (Å²) in [6.45, 7) is 2.52. The second-order valence-corrected chi connectivity index (χ2v) is 5.12. The maximum atomic E-state index is 11.4. The van der Waals surface area contributed by atoms with Gasteiger partial charge in [-0.1, -0.05) is 64.4 Å². The van der Waals surface area contributed by atoms with Crippen molar-refractivity contribution in [2.24, 2.45) is 0 Å². The third kappa shape index (κ3) is 14.7. The largest absolute Gasteiger partial charge is 0.478 e. The molecule has 0 aromatic carbocycles. The van der Waals surface area contributed by atoms with Crippen LogP contribution in [0.4, 0.5) is 0 Å². The van der Waals surface area contributed by atoms with Crippen LogP contribution in [0, 0.1) is 0 Å². The van der Waals surface area contributed by atoms with Crippen molar-refractivity contribution in [1.29, 1.82) is 0 Å². The lowest BCUT2D eigenvalue weighted by Crippen LogP contribution is -2.22. The summed E-state index contributed by atoms with van der Waals surface area (Å²) in [5.41, 5.74) is 0. The zero-order chi connectivity index (χ0) is 15.1. The molecule has 4 nitrogen and oxygen atoms in total. The van der Waals surface area contributed by atoms with E-state index in [4.69, 9.17) is 5.11 Å². The van der Waals surface area contributed by atoms with E-state index >= 15 is 0 Å². The maximum Gasteiger partial charge on any atom is 0.328 e. The molecule has 0 fully saturated rings. The summed E-state index contributed by atoms with van der Waals surface area (Å²) in [7, 11) is 0. The lowest BCUT2D eigenvalue weighted by atomic mass is 10.1. The highest BCUT2D eigenvalue weighted by Gasteiger charge is 1.99. The van der Waals surface area contributed by atoms with Crippen LogP contribution < -0.4 is 5.32 Å². The van der Waals surface area contributed by atoms with Gasteiger partial charge in [-0.2, -0.15) is 0 Å². The molecule has 0 aliphatic rings. The SMILES string of the molecule is CCCCCCCCCCCC(=O)NCC=CC(=O)O. The molecule has 0 heterocycles. The van der Waals surface area contributed by atoms with Crippen LogP contribution in [0.2, 0.25) is 0 Å². The first-order chi connectivity index (χ1) is 9.66. The number of hydrogen-bond acceptors (Lipinski definition) is 2. The second kappa shape index (κ2) is 14.1. The topological polar surface area (TPSA) is 66.4 Å². The lowest BCUT2D eigenvalue weighted by molar-refractivity contribution is -0.131. The Morgan fingerprint density at radius 1 is 0.950 bits per heavy atom. The van der Waals surface area contributed by atoms with Gasteiger partial charge in [-0.15, -0.1) is 0 Å². The number of nitrogens with one attached hydrogen (secondary N) is 1. The van der Waals surface area contributed by atoms with Gasteiger partial charge in [0, 0.05) is 19.0 Å². The van der Waals surface area contributed by atoms with E-state index in [-0.39, 0.29) is 5.91 Å². The molecule has 0 unspecified atom stereocenters. The number of unbranched alkanes of at least 4 members (excludes halogenated alkanes) is 8. The Morgan fingerprint density at radius 2 is 1.50 bits per heavy atom. The van der Waals surface area contributed by atoms with Gasteiger partial charge in [0.2, 0.25) is 5.91 Å². The summed E-state index contributed by atoms with van der Waals surface area (Å²) < 4.78 is 0. The van der Waals surface area contributed by atoms with Crippen LogP contribution in [0.1, 0.15) is 71.1 Å². The van der Waals surface area contributed by atoms with Gasteiger partial charge in [0.1, 0.15) is 0 Å². The average Bonchev–Trinajstić information content (AvgIpc) is 2.41. The lowest BCUT2D eigenvalue weighted by Gasteiger charge is -2.03. The predicted molar refractivity (Wildman–Crippen MR) is 81.6 cm³/mol. The summed E-state index contributed by atoms with van der Waals surface area (Å²) in [5.74, 6) is -0.985. The first kappa shape index (κ1) is 18.7. The molecule has 0 aromatic rings. The summed E-state index contributed by atoms with van der Waals surface area (Å²) in [5, 5.41) is 11.0. The van der Waals surface area contributed by atoms with E-state index in [1.807, 2.05) is 0 Å². The first-order valence-corrected chi connectivity index (χ1v) is 7.83. The second-order valence-electron chi connectivity index (χ2n) is 5.12. The molecule has 0 atom stereocenters. The molecule has 1 amide bonds. The van der Waals surface area contributed by atoms with Gasteiger partial charge in [0.05, 0.1) is 0 Å². The van der Waals surface area contributed by atoms with Crippen molar-refractivity contribution < 1.29 is 14.7 Å². The molecule has 116 valence electrons.